The second-order valence-corrected chi connectivity index (χ2v) is 8.50. The molecule has 0 unspecified atom stereocenters. The quantitative estimate of drug-likeness (QED) is 0.447. The second-order valence-electron chi connectivity index (χ2n) is 4.49. The molecule has 6 heteroatoms. The number of hydrogen-bond acceptors (Lipinski definition) is 3. The molecule has 0 amide bonds. The first-order valence-corrected chi connectivity index (χ1v) is 10.3. The topological polar surface area (TPSA) is 12.4 Å². The monoisotopic (exact) mass is 473 g/mol. The molecule has 1 aliphatic heterocycles. The molecule has 0 atom stereocenters. The molecule has 2 aromatic rings. The maximum atomic E-state index is 5.98. The van der Waals surface area contributed by atoms with Crippen LogP contribution in [-0.2, 0) is 5.75 Å². The molecule has 1 heterocycles. The Morgan fingerprint density at radius 2 is 2.05 bits per heavy atom. The van der Waals surface area contributed by atoms with Crippen molar-refractivity contribution in [3.8, 4) is 0 Å². The lowest BCUT2D eigenvalue weighted by atomic mass is 10.2. The predicted octanol–water partition coefficient (Wildman–Crippen LogP) is 7.46. The van der Waals surface area contributed by atoms with Crippen LogP contribution in [0.2, 0.25) is 5.02 Å². The van der Waals surface area contributed by atoms with Crippen molar-refractivity contribution in [1.82, 2.24) is 0 Å². The maximum Gasteiger partial charge on any atom is 0.135 e. The third-order valence-electron chi connectivity index (χ3n) is 3.04. The lowest BCUT2D eigenvalue weighted by Crippen LogP contribution is -1.96. The van der Waals surface area contributed by atoms with Crippen molar-refractivity contribution < 1.29 is 0 Å². The van der Waals surface area contributed by atoms with E-state index in [9.17, 15) is 0 Å². The highest BCUT2D eigenvalue weighted by molar-refractivity contribution is 9.11. The van der Waals surface area contributed by atoms with E-state index in [2.05, 4.69) is 37.9 Å². The zero-order valence-electron chi connectivity index (χ0n) is 11.2. The lowest BCUT2D eigenvalue weighted by molar-refractivity contribution is 1.39. The number of benzene rings is 2. The number of thioether (sulfide) groups is 2. The summed E-state index contributed by atoms with van der Waals surface area (Å²) in [6.45, 7) is 0. The van der Waals surface area contributed by atoms with Gasteiger partial charge in [0, 0.05) is 25.7 Å². The highest BCUT2D eigenvalue weighted by Gasteiger charge is 2.17. The van der Waals surface area contributed by atoms with Crippen molar-refractivity contribution in [3.05, 3.63) is 68.1 Å². The number of nitrogens with zero attached hydrogens (tertiary/aromatic N) is 1. The van der Waals surface area contributed by atoms with Gasteiger partial charge in [-0.05, 0) is 28.7 Å². The van der Waals surface area contributed by atoms with E-state index >= 15 is 0 Å². The molecule has 22 heavy (non-hydrogen) atoms. The van der Waals surface area contributed by atoms with Gasteiger partial charge in [0.05, 0.1) is 5.69 Å². The van der Waals surface area contributed by atoms with Gasteiger partial charge in [-0.25, -0.2) is 4.99 Å². The number of hydrogen-bond donors (Lipinski definition) is 0. The van der Waals surface area contributed by atoms with Gasteiger partial charge in [0.1, 0.15) is 4.38 Å². The summed E-state index contributed by atoms with van der Waals surface area (Å²) in [5, 5.41) is 0.739. The van der Waals surface area contributed by atoms with Gasteiger partial charge in [-0.2, -0.15) is 0 Å². The Morgan fingerprint density at radius 1 is 1.23 bits per heavy atom. The van der Waals surface area contributed by atoms with Crippen LogP contribution in [0, 0.1) is 0 Å². The Balaban J connectivity index is 1.80. The van der Waals surface area contributed by atoms with Crippen molar-refractivity contribution >= 4 is 82.0 Å². The van der Waals surface area contributed by atoms with Crippen LogP contribution in [0.4, 0.5) is 5.69 Å². The van der Waals surface area contributed by atoms with Crippen molar-refractivity contribution in [1.29, 1.82) is 0 Å². The van der Waals surface area contributed by atoms with Gasteiger partial charge in [0.25, 0.3) is 0 Å². The molecular weight excluding hydrogens is 466 g/mol. The average Bonchev–Trinajstić information content (AvgIpc) is 2.53. The van der Waals surface area contributed by atoms with E-state index < -0.39 is 0 Å². The molecule has 112 valence electrons. The molecular formula is C16H10Br2ClNS2. The Hall–Kier alpha value is -0.200. The molecule has 2 aromatic carbocycles. The fourth-order valence-corrected chi connectivity index (χ4v) is 5.54. The Bertz CT molecular complexity index is 774. The van der Waals surface area contributed by atoms with Gasteiger partial charge in [0.2, 0.25) is 0 Å². The van der Waals surface area contributed by atoms with E-state index in [1.165, 1.54) is 16.0 Å². The molecule has 0 aliphatic carbocycles. The number of halogens is 3. The molecule has 0 N–H and O–H groups in total. The van der Waals surface area contributed by atoms with Gasteiger partial charge in [-0.3, -0.25) is 0 Å². The minimum atomic E-state index is 0.739. The van der Waals surface area contributed by atoms with Crippen molar-refractivity contribution in [3.63, 3.8) is 0 Å². The van der Waals surface area contributed by atoms with Crippen LogP contribution in [0.3, 0.4) is 0 Å². The van der Waals surface area contributed by atoms with E-state index in [-0.39, 0.29) is 0 Å². The minimum Gasteiger partial charge on any atom is -0.234 e. The molecule has 0 radical (unpaired) electrons. The standard InChI is InChI=1S/C16H10Br2ClNS2/c17-8-15-12-3-1-2-4-14(12)20-16(22-15)21-9-10-5-6-11(19)7-13(10)18/h1-8H,9H2/b15-8-. The van der Waals surface area contributed by atoms with Crippen molar-refractivity contribution in [2.45, 2.75) is 5.75 Å². The summed E-state index contributed by atoms with van der Waals surface area (Å²) in [4.78, 5) is 7.89. The van der Waals surface area contributed by atoms with Crippen LogP contribution in [0.15, 0.2) is 56.9 Å². The Labute approximate surface area is 159 Å². The summed E-state index contributed by atoms with van der Waals surface area (Å²) in [5.41, 5.74) is 3.40. The zero-order valence-corrected chi connectivity index (χ0v) is 16.8. The highest BCUT2D eigenvalue weighted by Crippen LogP contribution is 2.44. The summed E-state index contributed by atoms with van der Waals surface area (Å²) in [5.74, 6) is 0.849. The molecule has 1 aliphatic rings. The van der Waals surface area contributed by atoms with E-state index in [1.807, 2.05) is 41.4 Å². The largest absolute Gasteiger partial charge is 0.234 e. The molecule has 0 fully saturated rings. The number of aliphatic imine (C=N–C) groups is 1. The predicted molar refractivity (Wildman–Crippen MR) is 108 cm³/mol. The van der Waals surface area contributed by atoms with E-state index in [0.29, 0.717) is 0 Å². The normalized spacial score (nSPS) is 15.6. The van der Waals surface area contributed by atoms with Crippen LogP contribution >= 0.6 is 67.0 Å². The van der Waals surface area contributed by atoms with E-state index in [0.717, 1.165) is 25.3 Å². The van der Waals surface area contributed by atoms with Gasteiger partial charge in [-0.15, -0.1) is 0 Å². The molecule has 0 bridgehead atoms. The van der Waals surface area contributed by atoms with Gasteiger partial charge in [-0.1, -0.05) is 91.3 Å². The van der Waals surface area contributed by atoms with Crippen LogP contribution in [0.1, 0.15) is 11.1 Å². The van der Waals surface area contributed by atoms with E-state index in [4.69, 9.17) is 16.6 Å². The number of fused-ring (bicyclic) bond motifs is 1. The summed E-state index contributed by atoms with van der Waals surface area (Å²) < 4.78 is 2.08. The van der Waals surface area contributed by atoms with Crippen LogP contribution in [-0.4, -0.2) is 4.38 Å². The third-order valence-corrected chi connectivity index (χ3v) is 7.00. The van der Waals surface area contributed by atoms with Crippen LogP contribution in [0.5, 0.6) is 0 Å². The first-order chi connectivity index (χ1) is 10.7. The van der Waals surface area contributed by atoms with E-state index in [1.54, 1.807) is 23.5 Å². The maximum absolute atomic E-state index is 5.98. The molecule has 0 aromatic heterocycles. The summed E-state index contributed by atoms with van der Waals surface area (Å²) in [7, 11) is 0. The van der Waals surface area contributed by atoms with Crippen molar-refractivity contribution in [2.75, 3.05) is 0 Å². The molecule has 1 nitrogen and oxygen atoms in total. The first-order valence-electron chi connectivity index (χ1n) is 6.40. The smallest absolute Gasteiger partial charge is 0.135 e. The average molecular weight is 476 g/mol. The number of para-hydroxylation sites is 1. The molecule has 3 rings (SSSR count). The van der Waals surface area contributed by atoms with Gasteiger partial charge >= 0.3 is 0 Å². The summed E-state index contributed by atoms with van der Waals surface area (Å²) >= 11 is 16.4. The van der Waals surface area contributed by atoms with Gasteiger partial charge in [0.15, 0.2) is 0 Å². The van der Waals surface area contributed by atoms with Crippen molar-refractivity contribution in [2.24, 2.45) is 4.99 Å². The fourth-order valence-electron chi connectivity index (χ4n) is 1.97. The Morgan fingerprint density at radius 3 is 2.82 bits per heavy atom. The summed E-state index contributed by atoms with van der Waals surface area (Å²) in [6, 6.07) is 14.1. The third kappa shape index (κ3) is 3.82. The van der Waals surface area contributed by atoms with Crippen LogP contribution < -0.4 is 0 Å². The molecule has 0 saturated carbocycles. The molecule has 0 spiro atoms. The Kier molecular flexibility index (Phi) is 5.74. The zero-order chi connectivity index (χ0) is 15.5. The lowest BCUT2D eigenvalue weighted by Gasteiger charge is -2.17. The number of rotatable bonds is 2. The second kappa shape index (κ2) is 7.58. The fraction of sp³-hybridized carbons (Fsp3) is 0.0625. The molecule has 0 saturated heterocycles. The van der Waals surface area contributed by atoms with Crippen LogP contribution in [0.25, 0.3) is 4.91 Å². The van der Waals surface area contributed by atoms with Gasteiger partial charge < -0.3 is 0 Å². The SMILES string of the molecule is Clc1ccc(CSC2=Nc3ccccc3/C(=C/Br)S2)c(Br)c1. The first kappa shape index (κ1) is 16.7. The minimum absolute atomic E-state index is 0.739. The highest BCUT2D eigenvalue weighted by atomic mass is 79.9. The summed E-state index contributed by atoms with van der Waals surface area (Å²) in [6.07, 6.45) is 0.